The van der Waals surface area contributed by atoms with E-state index in [1.54, 1.807) is 0 Å². The number of benzene rings is 1. The van der Waals surface area contributed by atoms with Crippen molar-refractivity contribution in [2.75, 3.05) is 20.6 Å². The molecule has 17 heavy (non-hydrogen) atoms. The van der Waals surface area contributed by atoms with E-state index in [4.69, 9.17) is 0 Å². The number of hydrogen-bond donors (Lipinski definition) is 1. The fraction of sp³-hybridized carbons (Fsp3) is 0.600. The van der Waals surface area contributed by atoms with Gasteiger partial charge in [0.15, 0.2) is 0 Å². The van der Waals surface area contributed by atoms with E-state index in [2.05, 4.69) is 40.1 Å². The molecule has 1 aromatic carbocycles. The average Bonchev–Trinajstić information content (AvgIpc) is 2.27. The van der Waals surface area contributed by atoms with E-state index in [0.717, 1.165) is 23.0 Å². The van der Waals surface area contributed by atoms with Crippen molar-refractivity contribution < 1.29 is 9.59 Å². The molecule has 0 unspecified atom stereocenters. The first-order valence-corrected chi connectivity index (χ1v) is 6.47. The molecule has 2 rings (SSSR count). The molecule has 1 fully saturated rings. The van der Waals surface area contributed by atoms with E-state index in [1.165, 1.54) is 0 Å². The molecule has 2 heteroatoms. The zero-order valence-electron chi connectivity index (χ0n) is 11.4. The van der Waals surface area contributed by atoms with Gasteiger partial charge in [-0.2, -0.15) is 0 Å². The minimum absolute atomic E-state index is 0.288. The van der Waals surface area contributed by atoms with Crippen LogP contribution in [0, 0.1) is 5.92 Å². The van der Waals surface area contributed by atoms with Crippen molar-refractivity contribution in [3.8, 4) is 0 Å². The molecule has 0 aromatic heterocycles. The van der Waals surface area contributed by atoms with Crippen molar-refractivity contribution in [2.24, 2.45) is 5.92 Å². The Balaban J connectivity index is 2.33. The van der Waals surface area contributed by atoms with Gasteiger partial charge in [0.25, 0.3) is 0 Å². The van der Waals surface area contributed by atoms with Crippen molar-refractivity contribution in [3.05, 3.63) is 35.9 Å². The lowest BCUT2D eigenvalue weighted by molar-refractivity contribution is -0.925. The van der Waals surface area contributed by atoms with E-state index in [1.807, 2.05) is 18.2 Å². The quantitative estimate of drug-likeness (QED) is 0.740. The first kappa shape index (κ1) is 12.6. The lowest BCUT2D eigenvalue weighted by atomic mass is 9.74. The van der Waals surface area contributed by atoms with E-state index in [0.29, 0.717) is 6.04 Å². The summed E-state index contributed by atoms with van der Waals surface area (Å²) in [7, 11) is 4.51. The van der Waals surface area contributed by atoms with Crippen molar-refractivity contribution in [3.63, 3.8) is 0 Å². The van der Waals surface area contributed by atoms with Gasteiger partial charge in [0, 0.05) is 12.3 Å². The van der Waals surface area contributed by atoms with E-state index in [9.17, 15) is 5.11 Å². The first-order valence-electron chi connectivity index (χ1n) is 6.47. The van der Waals surface area contributed by atoms with Gasteiger partial charge >= 0.3 is 0 Å². The van der Waals surface area contributed by atoms with Crippen LogP contribution in [0.5, 0.6) is 0 Å². The molecular formula is C15H24NO+. The van der Waals surface area contributed by atoms with Crippen LogP contribution in [-0.4, -0.2) is 36.3 Å². The van der Waals surface area contributed by atoms with Gasteiger partial charge in [-0.1, -0.05) is 37.3 Å². The Hall–Kier alpha value is -0.860. The van der Waals surface area contributed by atoms with Gasteiger partial charge in [-0.3, -0.25) is 0 Å². The second-order valence-electron chi connectivity index (χ2n) is 6.21. The number of hydrogen-bond acceptors (Lipinski definition) is 1. The second kappa shape index (κ2) is 4.11. The van der Waals surface area contributed by atoms with Crippen LogP contribution in [0.15, 0.2) is 30.3 Å². The minimum Gasteiger partial charge on any atom is -0.384 e. The second-order valence-corrected chi connectivity index (χ2v) is 6.21. The maximum absolute atomic E-state index is 11.0. The van der Waals surface area contributed by atoms with Crippen LogP contribution in [0.25, 0.3) is 0 Å². The molecule has 94 valence electrons. The molecule has 3 atom stereocenters. The van der Waals surface area contributed by atoms with Gasteiger partial charge in [-0.05, 0) is 12.5 Å². The van der Waals surface area contributed by atoms with Gasteiger partial charge in [0.1, 0.15) is 5.60 Å². The standard InChI is InChI=1S/C15H24NO/c1-12-11-16(3,4)13(2)10-15(12,17)14-8-6-5-7-9-14/h5-9,12-13,17H,10-11H2,1-4H3/q+1/t12-,13+,15+/m1/s1. The molecule has 0 bridgehead atoms. The third-order valence-corrected chi connectivity index (χ3v) is 4.63. The minimum atomic E-state index is -0.658. The molecule has 1 aliphatic rings. The number of likely N-dealkylation sites (tertiary alicyclic amines) is 1. The largest absolute Gasteiger partial charge is 0.384 e. The number of rotatable bonds is 1. The van der Waals surface area contributed by atoms with Crippen LogP contribution >= 0.6 is 0 Å². The lowest BCUT2D eigenvalue weighted by Crippen LogP contribution is -2.60. The van der Waals surface area contributed by atoms with E-state index < -0.39 is 5.60 Å². The highest BCUT2D eigenvalue weighted by Gasteiger charge is 2.48. The van der Waals surface area contributed by atoms with Gasteiger partial charge in [-0.25, -0.2) is 0 Å². The summed E-state index contributed by atoms with van der Waals surface area (Å²) in [6.45, 7) is 5.42. The summed E-state index contributed by atoms with van der Waals surface area (Å²) >= 11 is 0. The average molecular weight is 234 g/mol. The maximum atomic E-state index is 11.0. The summed E-state index contributed by atoms with van der Waals surface area (Å²) in [5.41, 5.74) is 0.410. The number of nitrogens with zero attached hydrogens (tertiary/aromatic N) is 1. The van der Waals surface area contributed by atoms with Crippen LogP contribution < -0.4 is 0 Å². The molecule has 0 saturated carbocycles. The molecule has 1 N–H and O–H groups in total. The Morgan fingerprint density at radius 3 is 2.35 bits per heavy atom. The van der Waals surface area contributed by atoms with Crippen molar-refractivity contribution >= 4 is 0 Å². The Bertz CT molecular complexity index is 387. The predicted octanol–water partition coefficient (Wildman–Crippen LogP) is 2.38. The Labute approximate surface area is 104 Å². The summed E-state index contributed by atoms with van der Waals surface area (Å²) in [5.74, 6) is 0.288. The summed E-state index contributed by atoms with van der Waals surface area (Å²) in [5, 5.41) is 11.0. The Morgan fingerprint density at radius 1 is 1.18 bits per heavy atom. The van der Waals surface area contributed by atoms with Crippen molar-refractivity contribution in [1.29, 1.82) is 0 Å². The van der Waals surface area contributed by atoms with E-state index >= 15 is 0 Å². The number of quaternary nitrogens is 1. The van der Waals surface area contributed by atoms with E-state index in [-0.39, 0.29) is 5.92 Å². The molecule has 1 aromatic rings. The Kier molecular flexibility index (Phi) is 3.04. The summed E-state index contributed by atoms with van der Waals surface area (Å²) in [6, 6.07) is 10.6. The van der Waals surface area contributed by atoms with Crippen LogP contribution in [0.3, 0.4) is 0 Å². The van der Waals surface area contributed by atoms with Gasteiger partial charge in [-0.15, -0.1) is 0 Å². The number of aliphatic hydroxyl groups is 1. The SMILES string of the molecule is C[C@@H]1C[N+](C)(C)[C@@H](C)C[C@@]1(O)c1ccccc1. The zero-order chi connectivity index (χ0) is 12.7. The molecule has 0 aliphatic carbocycles. The highest BCUT2D eigenvalue weighted by molar-refractivity contribution is 5.23. The molecule has 2 nitrogen and oxygen atoms in total. The van der Waals surface area contributed by atoms with Crippen LogP contribution in [0.1, 0.15) is 25.8 Å². The summed E-state index contributed by atoms with van der Waals surface area (Å²) < 4.78 is 0.996. The first-order chi connectivity index (χ1) is 7.86. The Morgan fingerprint density at radius 2 is 1.76 bits per heavy atom. The summed E-state index contributed by atoms with van der Waals surface area (Å²) in [6.07, 6.45) is 0.838. The van der Waals surface area contributed by atoms with Crippen molar-refractivity contribution in [1.82, 2.24) is 0 Å². The fourth-order valence-corrected chi connectivity index (χ4v) is 3.06. The van der Waals surface area contributed by atoms with Gasteiger partial charge < -0.3 is 9.59 Å². The topological polar surface area (TPSA) is 20.2 Å². The molecule has 1 aliphatic heterocycles. The lowest BCUT2D eigenvalue weighted by Gasteiger charge is -2.50. The third-order valence-electron chi connectivity index (χ3n) is 4.63. The fourth-order valence-electron chi connectivity index (χ4n) is 3.06. The third kappa shape index (κ3) is 2.12. The van der Waals surface area contributed by atoms with Gasteiger partial charge in [0.05, 0.1) is 26.7 Å². The molecule has 0 spiro atoms. The normalized spacial score (nSPS) is 36.8. The highest BCUT2D eigenvalue weighted by Crippen LogP contribution is 2.41. The summed E-state index contributed by atoms with van der Waals surface area (Å²) in [4.78, 5) is 0. The monoisotopic (exact) mass is 234 g/mol. The van der Waals surface area contributed by atoms with Crippen molar-refractivity contribution in [2.45, 2.75) is 31.9 Å². The smallest absolute Gasteiger partial charge is 0.103 e. The van der Waals surface area contributed by atoms with Gasteiger partial charge in [0.2, 0.25) is 0 Å². The van der Waals surface area contributed by atoms with Crippen LogP contribution in [-0.2, 0) is 5.60 Å². The van der Waals surface area contributed by atoms with Crippen LogP contribution in [0.4, 0.5) is 0 Å². The predicted molar refractivity (Wildman–Crippen MR) is 70.6 cm³/mol. The zero-order valence-corrected chi connectivity index (χ0v) is 11.4. The maximum Gasteiger partial charge on any atom is 0.103 e. The number of piperidine rings is 1. The molecule has 1 heterocycles. The molecular weight excluding hydrogens is 210 g/mol. The highest BCUT2D eigenvalue weighted by atomic mass is 16.3. The molecule has 1 saturated heterocycles. The molecule has 0 amide bonds. The molecule has 0 radical (unpaired) electrons. The van der Waals surface area contributed by atoms with Crippen LogP contribution in [0.2, 0.25) is 0 Å².